The lowest BCUT2D eigenvalue weighted by Crippen LogP contribution is -2.27. The molecule has 1 saturated carbocycles. The molecule has 1 amide bonds. The zero-order valence-corrected chi connectivity index (χ0v) is 13.4. The molecule has 6 heteroatoms. The van der Waals surface area contributed by atoms with Crippen molar-refractivity contribution in [1.82, 2.24) is 4.57 Å². The fourth-order valence-corrected chi connectivity index (χ4v) is 2.65. The van der Waals surface area contributed by atoms with Gasteiger partial charge in [0.25, 0.3) is 5.56 Å². The van der Waals surface area contributed by atoms with E-state index >= 15 is 0 Å². The largest absolute Gasteiger partial charge is 0.321 e. The van der Waals surface area contributed by atoms with Gasteiger partial charge < -0.3 is 9.88 Å². The molecule has 1 N–H and O–H groups in total. The number of carbonyl (C=O) groups is 1. The highest BCUT2D eigenvalue weighted by molar-refractivity contribution is 6.31. The van der Waals surface area contributed by atoms with Crippen molar-refractivity contribution in [2.24, 2.45) is 5.92 Å². The van der Waals surface area contributed by atoms with Crippen LogP contribution in [0.5, 0.6) is 0 Å². The molecule has 0 radical (unpaired) electrons. The molecule has 4 nitrogen and oxygen atoms in total. The molecule has 0 bridgehead atoms. The number of halogens is 2. The normalized spacial score (nSPS) is 13.9. The van der Waals surface area contributed by atoms with Gasteiger partial charge in [-0.05, 0) is 43.5 Å². The summed E-state index contributed by atoms with van der Waals surface area (Å²) in [6.07, 6.45) is 3.34. The maximum Gasteiger partial charge on any atom is 0.274 e. The molecular weight excluding hydrogens is 319 g/mol. The highest BCUT2D eigenvalue weighted by Crippen LogP contribution is 2.29. The molecular formula is C17H16ClFN2O2. The number of aryl methyl sites for hydroxylation is 1. The van der Waals surface area contributed by atoms with E-state index in [2.05, 4.69) is 5.32 Å². The van der Waals surface area contributed by atoms with Gasteiger partial charge in [0.15, 0.2) is 0 Å². The molecule has 1 aromatic carbocycles. The Morgan fingerprint density at radius 2 is 2.17 bits per heavy atom. The molecule has 1 aliphatic rings. The van der Waals surface area contributed by atoms with E-state index < -0.39 is 5.82 Å². The van der Waals surface area contributed by atoms with Crippen molar-refractivity contribution in [3.63, 3.8) is 0 Å². The maximum absolute atomic E-state index is 13.9. The van der Waals surface area contributed by atoms with Crippen LogP contribution in [0.15, 0.2) is 35.3 Å². The summed E-state index contributed by atoms with van der Waals surface area (Å²) in [7, 11) is 0. The van der Waals surface area contributed by atoms with Crippen molar-refractivity contribution < 1.29 is 9.18 Å². The second-order valence-electron chi connectivity index (χ2n) is 5.83. The summed E-state index contributed by atoms with van der Waals surface area (Å²) in [5.41, 5.74) is 0.891. The molecule has 0 saturated heterocycles. The predicted octanol–water partition coefficient (Wildman–Crippen LogP) is 3.35. The Hall–Kier alpha value is -2.14. The van der Waals surface area contributed by atoms with Gasteiger partial charge in [0.1, 0.15) is 11.5 Å². The average molecular weight is 335 g/mol. The Labute approximate surface area is 137 Å². The van der Waals surface area contributed by atoms with Crippen LogP contribution in [0, 0.1) is 18.7 Å². The lowest BCUT2D eigenvalue weighted by molar-refractivity contribution is -0.117. The number of amides is 1. The van der Waals surface area contributed by atoms with Crippen LogP contribution < -0.4 is 10.9 Å². The van der Waals surface area contributed by atoms with Gasteiger partial charge in [0, 0.05) is 22.7 Å². The van der Waals surface area contributed by atoms with E-state index in [9.17, 15) is 14.0 Å². The van der Waals surface area contributed by atoms with Gasteiger partial charge in [-0.1, -0.05) is 17.7 Å². The lowest BCUT2D eigenvalue weighted by atomic mass is 10.2. The lowest BCUT2D eigenvalue weighted by Gasteiger charge is -2.12. The van der Waals surface area contributed by atoms with E-state index in [1.165, 1.54) is 16.7 Å². The number of nitrogens with zero attached hydrogens (tertiary/aromatic N) is 1. The summed E-state index contributed by atoms with van der Waals surface area (Å²) < 4.78 is 15.3. The van der Waals surface area contributed by atoms with Gasteiger partial charge in [0.2, 0.25) is 5.91 Å². The van der Waals surface area contributed by atoms with Crippen molar-refractivity contribution in [3.05, 3.63) is 62.8 Å². The van der Waals surface area contributed by atoms with Crippen LogP contribution in [0.4, 0.5) is 10.1 Å². The number of aromatic nitrogens is 1. The first-order valence-corrected chi connectivity index (χ1v) is 7.78. The number of hydrogen-bond donors (Lipinski definition) is 1. The molecule has 1 aliphatic carbocycles. The Kier molecular flexibility index (Phi) is 4.22. The van der Waals surface area contributed by atoms with Gasteiger partial charge in [-0.2, -0.15) is 0 Å². The van der Waals surface area contributed by atoms with Gasteiger partial charge in [-0.25, -0.2) is 4.39 Å². The van der Waals surface area contributed by atoms with Crippen LogP contribution in [-0.4, -0.2) is 10.5 Å². The molecule has 120 valence electrons. The predicted molar refractivity (Wildman–Crippen MR) is 87.3 cm³/mol. The number of rotatable bonds is 4. The minimum atomic E-state index is -0.463. The van der Waals surface area contributed by atoms with E-state index in [1.54, 1.807) is 18.3 Å². The van der Waals surface area contributed by atoms with Crippen LogP contribution in [0.3, 0.4) is 0 Å². The molecule has 0 atom stereocenters. The molecule has 0 unspecified atom stereocenters. The molecule has 2 aromatic rings. The summed E-state index contributed by atoms with van der Waals surface area (Å²) >= 11 is 6.02. The average Bonchev–Trinajstić information content (AvgIpc) is 3.32. The highest BCUT2D eigenvalue weighted by atomic mass is 35.5. The number of pyridine rings is 1. The van der Waals surface area contributed by atoms with E-state index in [1.807, 2.05) is 6.92 Å². The van der Waals surface area contributed by atoms with Gasteiger partial charge in [0.05, 0.1) is 6.54 Å². The van der Waals surface area contributed by atoms with Gasteiger partial charge >= 0.3 is 0 Å². The Bertz CT molecular complexity index is 808. The highest BCUT2D eigenvalue weighted by Gasteiger charge is 2.30. The third-order valence-electron chi connectivity index (χ3n) is 3.82. The van der Waals surface area contributed by atoms with Crippen LogP contribution >= 0.6 is 11.6 Å². The number of nitrogens with one attached hydrogen (secondary N) is 1. The quantitative estimate of drug-likeness (QED) is 0.932. The summed E-state index contributed by atoms with van der Waals surface area (Å²) in [4.78, 5) is 24.4. The zero-order valence-electron chi connectivity index (χ0n) is 12.6. The van der Waals surface area contributed by atoms with Crippen LogP contribution in [-0.2, 0) is 11.3 Å². The molecule has 1 aromatic heterocycles. The van der Waals surface area contributed by atoms with Crippen molar-refractivity contribution in [1.29, 1.82) is 0 Å². The smallest absolute Gasteiger partial charge is 0.274 e. The fraction of sp³-hybridized carbons (Fsp3) is 0.294. The van der Waals surface area contributed by atoms with Crippen molar-refractivity contribution in [3.8, 4) is 0 Å². The summed E-state index contributed by atoms with van der Waals surface area (Å²) in [5, 5.41) is 2.94. The van der Waals surface area contributed by atoms with Crippen molar-refractivity contribution >= 4 is 23.2 Å². The Balaban J connectivity index is 1.94. The van der Waals surface area contributed by atoms with Crippen LogP contribution in [0.1, 0.15) is 24.0 Å². The minimum absolute atomic E-state index is 0.00405. The van der Waals surface area contributed by atoms with E-state index in [0.29, 0.717) is 0 Å². The molecule has 3 rings (SSSR count). The molecule has 0 aliphatic heterocycles. The monoisotopic (exact) mass is 334 g/mol. The third kappa shape index (κ3) is 3.45. The summed E-state index contributed by atoms with van der Waals surface area (Å²) in [5.74, 6) is -0.595. The number of anilines is 1. The van der Waals surface area contributed by atoms with E-state index in [0.717, 1.165) is 18.4 Å². The maximum atomic E-state index is 13.9. The van der Waals surface area contributed by atoms with Gasteiger partial charge in [-0.15, -0.1) is 0 Å². The number of benzene rings is 1. The van der Waals surface area contributed by atoms with Crippen molar-refractivity contribution in [2.45, 2.75) is 26.3 Å². The van der Waals surface area contributed by atoms with E-state index in [-0.39, 0.29) is 40.2 Å². The van der Waals surface area contributed by atoms with Crippen LogP contribution in [0.2, 0.25) is 5.02 Å². The third-order valence-corrected chi connectivity index (χ3v) is 4.17. The zero-order chi connectivity index (χ0) is 16.6. The Morgan fingerprint density at radius 1 is 1.43 bits per heavy atom. The number of hydrogen-bond acceptors (Lipinski definition) is 2. The Morgan fingerprint density at radius 3 is 2.83 bits per heavy atom. The first-order valence-electron chi connectivity index (χ1n) is 7.40. The molecule has 23 heavy (non-hydrogen) atoms. The minimum Gasteiger partial charge on any atom is -0.321 e. The van der Waals surface area contributed by atoms with Crippen molar-refractivity contribution in [2.75, 3.05) is 5.32 Å². The second-order valence-corrected chi connectivity index (χ2v) is 6.24. The van der Waals surface area contributed by atoms with Gasteiger partial charge in [-0.3, -0.25) is 9.59 Å². The SMILES string of the molecule is Cc1cc(NC(=O)C2CC2)c(=O)n(Cc2c(F)cccc2Cl)c1. The summed E-state index contributed by atoms with van der Waals surface area (Å²) in [6.45, 7) is 1.82. The van der Waals surface area contributed by atoms with E-state index in [4.69, 9.17) is 11.6 Å². The topological polar surface area (TPSA) is 51.1 Å². The first-order chi connectivity index (χ1) is 11.0. The number of carbonyl (C=O) groups excluding carboxylic acids is 1. The second kappa shape index (κ2) is 6.16. The molecule has 1 heterocycles. The van der Waals surface area contributed by atoms with Crippen LogP contribution in [0.25, 0.3) is 0 Å². The first kappa shape index (κ1) is 15.7. The standard InChI is InChI=1S/C17H16ClFN2O2/c1-10-7-15(20-16(22)11-5-6-11)17(23)21(8-10)9-12-13(18)3-2-4-14(12)19/h2-4,7-8,11H,5-6,9H2,1H3,(H,20,22). The summed E-state index contributed by atoms with van der Waals surface area (Å²) in [6, 6.07) is 6.03. The molecule has 1 fully saturated rings. The fourth-order valence-electron chi connectivity index (χ4n) is 2.43. The molecule has 0 spiro atoms.